The third kappa shape index (κ3) is 2.55. The van der Waals surface area contributed by atoms with Crippen molar-refractivity contribution in [2.24, 2.45) is 5.73 Å². The number of likely N-dealkylation sites (N-methyl/N-ethyl adjacent to an activating group) is 1. The Morgan fingerprint density at radius 3 is 2.18 bits per heavy atom. The van der Waals surface area contributed by atoms with Crippen LogP contribution in [0.3, 0.4) is 0 Å². The molecule has 0 bridgehead atoms. The molecule has 1 aromatic heterocycles. The number of rotatable bonds is 7. The van der Waals surface area contributed by atoms with E-state index in [9.17, 15) is 0 Å². The van der Waals surface area contributed by atoms with Crippen LogP contribution in [0.15, 0.2) is 22.8 Å². The van der Waals surface area contributed by atoms with Crippen molar-refractivity contribution in [1.29, 1.82) is 0 Å². The van der Waals surface area contributed by atoms with E-state index in [-0.39, 0.29) is 11.6 Å². The summed E-state index contributed by atoms with van der Waals surface area (Å²) in [6, 6.07) is 3.83. The molecule has 1 aromatic rings. The minimum absolute atomic E-state index is 0.00134. The number of furan rings is 1. The van der Waals surface area contributed by atoms with Crippen molar-refractivity contribution < 1.29 is 4.42 Å². The highest BCUT2D eigenvalue weighted by atomic mass is 16.3. The van der Waals surface area contributed by atoms with Gasteiger partial charge in [-0.3, -0.25) is 4.90 Å². The van der Waals surface area contributed by atoms with Crippen LogP contribution in [0.5, 0.6) is 0 Å². The first-order valence-corrected chi connectivity index (χ1v) is 6.70. The van der Waals surface area contributed by atoms with Gasteiger partial charge in [-0.15, -0.1) is 0 Å². The number of nitrogens with two attached hydrogens (primary N) is 1. The summed E-state index contributed by atoms with van der Waals surface area (Å²) in [5, 5.41) is 0. The van der Waals surface area contributed by atoms with E-state index in [4.69, 9.17) is 10.2 Å². The Morgan fingerprint density at radius 2 is 1.82 bits per heavy atom. The maximum atomic E-state index is 6.46. The zero-order chi connectivity index (χ0) is 12.9. The zero-order valence-electron chi connectivity index (χ0n) is 11.6. The van der Waals surface area contributed by atoms with Crippen molar-refractivity contribution in [1.82, 2.24) is 4.90 Å². The number of hydrogen-bond donors (Lipinski definition) is 1. The molecule has 0 aromatic carbocycles. The third-order valence-corrected chi connectivity index (χ3v) is 4.05. The molecule has 2 N–H and O–H groups in total. The highest BCUT2D eigenvalue weighted by molar-refractivity contribution is 5.12. The topological polar surface area (TPSA) is 42.4 Å². The Bertz CT molecular complexity index is 300. The summed E-state index contributed by atoms with van der Waals surface area (Å²) >= 11 is 0. The Kier molecular flexibility index (Phi) is 5.22. The molecule has 0 aliphatic rings. The molecule has 1 unspecified atom stereocenters. The molecule has 17 heavy (non-hydrogen) atoms. The molecule has 0 saturated carbocycles. The maximum Gasteiger partial charge on any atom is 0.122 e. The predicted octanol–water partition coefficient (Wildman–Crippen LogP) is 3.18. The summed E-state index contributed by atoms with van der Waals surface area (Å²) in [6.07, 6.45) is 3.77. The molecular weight excluding hydrogens is 212 g/mol. The van der Waals surface area contributed by atoms with Crippen molar-refractivity contribution in [2.45, 2.75) is 52.1 Å². The van der Waals surface area contributed by atoms with Crippen LogP contribution in [0.1, 0.15) is 52.3 Å². The van der Waals surface area contributed by atoms with Gasteiger partial charge in [0, 0.05) is 5.54 Å². The summed E-state index contributed by atoms with van der Waals surface area (Å²) in [5.74, 6) is 0.889. The molecule has 0 aliphatic heterocycles. The molecule has 0 spiro atoms. The van der Waals surface area contributed by atoms with Crippen LogP contribution in [0, 0.1) is 0 Å². The van der Waals surface area contributed by atoms with E-state index >= 15 is 0 Å². The minimum Gasteiger partial charge on any atom is -0.468 e. The van der Waals surface area contributed by atoms with E-state index in [1.807, 2.05) is 12.1 Å². The summed E-state index contributed by atoms with van der Waals surface area (Å²) in [7, 11) is 0. The van der Waals surface area contributed by atoms with E-state index in [0.29, 0.717) is 0 Å². The fraction of sp³-hybridized carbons (Fsp3) is 0.714. The van der Waals surface area contributed by atoms with Crippen molar-refractivity contribution >= 4 is 0 Å². The minimum atomic E-state index is -0.0626. The van der Waals surface area contributed by atoms with Gasteiger partial charge in [0.15, 0.2) is 0 Å². The van der Waals surface area contributed by atoms with Crippen molar-refractivity contribution in [3.05, 3.63) is 24.2 Å². The fourth-order valence-electron chi connectivity index (χ4n) is 2.92. The number of nitrogens with zero attached hydrogens (tertiary/aromatic N) is 1. The highest BCUT2D eigenvalue weighted by Crippen LogP contribution is 2.35. The van der Waals surface area contributed by atoms with E-state index in [0.717, 1.165) is 31.7 Å². The van der Waals surface area contributed by atoms with E-state index in [1.54, 1.807) is 6.26 Å². The maximum absolute atomic E-state index is 6.46. The fourth-order valence-corrected chi connectivity index (χ4v) is 2.92. The molecule has 98 valence electrons. The summed E-state index contributed by atoms with van der Waals surface area (Å²) in [6.45, 7) is 10.9. The van der Waals surface area contributed by atoms with E-state index in [1.165, 1.54) is 0 Å². The average molecular weight is 238 g/mol. The van der Waals surface area contributed by atoms with Crippen LogP contribution in [0.25, 0.3) is 0 Å². The lowest BCUT2D eigenvalue weighted by Crippen LogP contribution is -2.54. The van der Waals surface area contributed by atoms with Crippen LogP contribution in [-0.4, -0.2) is 23.5 Å². The van der Waals surface area contributed by atoms with Crippen molar-refractivity contribution in [2.75, 3.05) is 13.1 Å². The largest absolute Gasteiger partial charge is 0.468 e. The Morgan fingerprint density at radius 1 is 1.24 bits per heavy atom. The number of hydrogen-bond acceptors (Lipinski definition) is 3. The molecule has 0 aliphatic carbocycles. The van der Waals surface area contributed by atoms with Gasteiger partial charge in [-0.25, -0.2) is 0 Å². The first-order valence-electron chi connectivity index (χ1n) is 6.70. The quantitative estimate of drug-likeness (QED) is 0.793. The van der Waals surface area contributed by atoms with Gasteiger partial charge in [0.25, 0.3) is 0 Å². The Balaban J connectivity index is 3.05. The standard InChI is InChI=1S/C14H26N2O/c1-5-14(6-2,16(7-3)8-4)13(15)12-10-9-11-17-12/h9-11,13H,5-8,15H2,1-4H3. The van der Waals surface area contributed by atoms with Gasteiger partial charge in [0.05, 0.1) is 12.3 Å². The van der Waals surface area contributed by atoms with Gasteiger partial charge in [-0.2, -0.15) is 0 Å². The molecule has 1 rings (SSSR count). The van der Waals surface area contributed by atoms with Crippen LogP contribution >= 0.6 is 0 Å². The second kappa shape index (κ2) is 6.22. The van der Waals surface area contributed by atoms with Crippen LogP contribution in [0.2, 0.25) is 0 Å². The molecule has 0 fully saturated rings. The lowest BCUT2D eigenvalue weighted by molar-refractivity contribution is 0.0554. The van der Waals surface area contributed by atoms with E-state index in [2.05, 4.69) is 32.6 Å². The summed E-state index contributed by atoms with van der Waals surface area (Å²) in [5.41, 5.74) is 6.46. The lowest BCUT2D eigenvalue weighted by atomic mass is 9.81. The Labute approximate surface area is 105 Å². The van der Waals surface area contributed by atoms with Gasteiger partial charge >= 0.3 is 0 Å². The van der Waals surface area contributed by atoms with Crippen LogP contribution in [-0.2, 0) is 0 Å². The zero-order valence-corrected chi connectivity index (χ0v) is 11.6. The normalized spacial score (nSPS) is 14.2. The second-order valence-electron chi connectivity index (χ2n) is 4.48. The lowest BCUT2D eigenvalue weighted by Gasteiger charge is -2.45. The highest BCUT2D eigenvalue weighted by Gasteiger charge is 2.39. The molecule has 0 amide bonds. The van der Waals surface area contributed by atoms with Crippen LogP contribution in [0.4, 0.5) is 0 Å². The van der Waals surface area contributed by atoms with Gasteiger partial charge in [0.1, 0.15) is 5.76 Å². The summed E-state index contributed by atoms with van der Waals surface area (Å²) in [4.78, 5) is 2.46. The van der Waals surface area contributed by atoms with Gasteiger partial charge < -0.3 is 10.2 Å². The van der Waals surface area contributed by atoms with Gasteiger partial charge in [-0.1, -0.05) is 27.7 Å². The second-order valence-corrected chi connectivity index (χ2v) is 4.48. The van der Waals surface area contributed by atoms with Gasteiger partial charge in [-0.05, 0) is 38.1 Å². The SMILES string of the molecule is CCN(CC)C(CC)(CC)C(N)c1ccco1. The average Bonchev–Trinajstić information content (AvgIpc) is 2.89. The first-order chi connectivity index (χ1) is 8.16. The monoisotopic (exact) mass is 238 g/mol. The molecule has 1 heterocycles. The molecule has 3 nitrogen and oxygen atoms in total. The molecule has 3 heteroatoms. The third-order valence-electron chi connectivity index (χ3n) is 4.05. The molecule has 0 radical (unpaired) electrons. The van der Waals surface area contributed by atoms with Gasteiger partial charge in [0.2, 0.25) is 0 Å². The molecule has 1 atom stereocenters. The first kappa shape index (κ1) is 14.3. The van der Waals surface area contributed by atoms with E-state index < -0.39 is 0 Å². The smallest absolute Gasteiger partial charge is 0.122 e. The Hall–Kier alpha value is -0.800. The molecule has 0 saturated heterocycles. The van der Waals surface area contributed by atoms with Crippen molar-refractivity contribution in [3.63, 3.8) is 0 Å². The van der Waals surface area contributed by atoms with Crippen LogP contribution < -0.4 is 5.73 Å². The van der Waals surface area contributed by atoms with Crippen molar-refractivity contribution in [3.8, 4) is 0 Å². The summed E-state index contributed by atoms with van der Waals surface area (Å²) < 4.78 is 5.49. The molecular formula is C14H26N2O. The predicted molar refractivity (Wildman–Crippen MR) is 71.9 cm³/mol.